The molecule has 0 aliphatic carbocycles. The van der Waals surface area contributed by atoms with Crippen LogP contribution in [0.3, 0.4) is 0 Å². The Bertz CT molecular complexity index is 418. The van der Waals surface area contributed by atoms with Crippen molar-refractivity contribution in [2.45, 2.75) is 12.5 Å². The van der Waals surface area contributed by atoms with Crippen molar-refractivity contribution in [3.63, 3.8) is 0 Å². The monoisotopic (exact) mass is 330 g/mol. The minimum Gasteiger partial charge on any atom is -0.508 e. The number of nitrogens with zero attached hydrogens (tertiary/aromatic N) is 1. The SMILES string of the molecule is Cl.Cl.Oc1ccc(O)c([C@H](C(F)F)N2CCNCC2)c1. The average Bonchev–Trinajstić information content (AvgIpc) is 2.35. The molecule has 8 heteroatoms. The Balaban J connectivity index is 0.00000180. The van der Waals surface area contributed by atoms with Crippen LogP contribution in [0.2, 0.25) is 0 Å². The molecule has 1 saturated heterocycles. The molecule has 1 aromatic rings. The van der Waals surface area contributed by atoms with Crippen LogP contribution in [0, 0.1) is 0 Å². The van der Waals surface area contributed by atoms with Gasteiger partial charge in [-0.15, -0.1) is 24.8 Å². The number of hydrogen-bond donors (Lipinski definition) is 3. The van der Waals surface area contributed by atoms with Crippen molar-refractivity contribution in [2.24, 2.45) is 0 Å². The van der Waals surface area contributed by atoms with Gasteiger partial charge in [0.1, 0.15) is 17.5 Å². The molecule has 0 amide bonds. The molecule has 1 aliphatic rings. The van der Waals surface area contributed by atoms with Crippen molar-refractivity contribution < 1.29 is 19.0 Å². The average molecular weight is 331 g/mol. The molecule has 0 bridgehead atoms. The summed E-state index contributed by atoms with van der Waals surface area (Å²) in [4.78, 5) is 1.62. The molecule has 1 heterocycles. The zero-order chi connectivity index (χ0) is 13.1. The number of halogens is 4. The van der Waals surface area contributed by atoms with Crippen LogP contribution in [0.1, 0.15) is 11.6 Å². The topological polar surface area (TPSA) is 55.7 Å². The Labute approximate surface area is 128 Å². The summed E-state index contributed by atoms with van der Waals surface area (Å²) < 4.78 is 26.5. The first-order chi connectivity index (χ1) is 8.59. The lowest BCUT2D eigenvalue weighted by atomic mass is 10.0. The zero-order valence-corrected chi connectivity index (χ0v) is 12.3. The third-order valence-electron chi connectivity index (χ3n) is 3.11. The fourth-order valence-corrected chi connectivity index (χ4v) is 2.23. The van der Waals surface area contributed by atoms with Crippen molar-refractivity contribution >= 4 is 24.8 Å². The molecule has 0 unspecified atom stereocenters. The van der Waals surface area contributed by atoms with E-state index in [4.69, 9.17) is 0 Å². The van der Waals surface area contributed by atoms with Crippen LogP contribution in [-0.4, -0.2) is 47.7 Å². The van der Waals surface area contributed by atoms with Crippen molar-refractivity contribution in [1.82, 2.24) is 10.2 Å². The van der Waals surface area contributed by atoms with Gasteiger partial charge in [0.05, 0.1) is 0 Å². The molecular formula is C12H18Cl2F2N2O2. The normalized spacial score (nSPS) is 17.1. The Morgan fingerprint density at radius 3 is 2.25 bits per heavy atom. The Morgan fingerprint density at radius 2 is 1.70 bits per heavy atom. The Kier molecular flexibility index (Phi) is 8.12. The molecule has 1 aliphatic heterocycles. The maximum absolute atomic E-state index is 13.2. The molecule has 1 aromatic carbocycles. The first kappa shape index (κ1) is 19.2. The van der Waals surface area contributed by atoms with E-state index in [0.29, 0.717) is 26.2 Å². The maximum atomic E-state index is 13.2. The summed E-state index contributed by atoms with van der Waals surface area (Å²) in [5.74, 6) is -0.333. The fourth-order valence-electron chi connectivity index (χ4n) is 2.23. The van der Waals surface area contributed by atoms with Crippen LogP contribution in [0.5, 0.6) is 11.5 Å². The van der Waals surface area contributed by atoms with Gasteiger partial charge in [0.15, 0.2) is 0 Å². The molecule has 1 atom stereocenters. The third-order valence-corrected chi connectivity index (χ3v) is 3.11. The number of nitrogens with one attached hydrogen (secondary N) is 1. The first-order valence-electron chi connectivity index (χ1n) is 5.84. The summed E-state index contributed by atoms with van der Waals surface area (Å²) in [7, 11) is 0. The number of alkyl halides is 2. The number of phenols is 2. The highest BCUT2D eigenvalue weighted by Gasteiger charge is 2.32. The number of phenolic OH excluding ortho intramolecular Hbond substituents is 2. The van der Waals surface area contributed by atoms with Gasteiger partial charge in [0, 0.05) is 31.7 Å². The van der Waals surface area contributed by atoms with E-state index in [2.05, 4.69) is 5.32 Å². The van der Waals surface area contributed by atoms with Crippen molar-refractivity contribution in [3.05, 3.63) is 23.8 Å². The van der Waals surface area contributed by atoms with Gasteiger partial charge in [-0.2, -0.15) is 0 Å². The summed E-state index contributed by atoms with van der Waals surface area (Å²) in [5.41, 5.74) is 0.0758. The number of benzene rings is 1. The molecule has 116 valence electrons. The van der Waals surface area contributed by atoms with Crippen molar-refractivity contribution in [2.75, 3.05) is 26.2 Å². The number of aromatic hydroxyl groups is 2. The lowest BCUT2D eigenvalue weighted by molar-refractivity contribution is 0.0169. The highest BCUT2D eigenvalue weighted by molar-refractivity contribution is 5.85. The molecule has 3 N–H and O–H groups in total. The quantitative estimate of drug-likeness (QED) is 0.743. The van der Waals surface area contributed by atoms with Gasteiger partial charge < -0.3 is 15.5 Å². The van der Waals surface area contributed by atoms with Crippen LogP contribution >= 0.6 is 24.8 Å². The lowest BCUT2D eigenvalue weighted by Crippen LogP contribution is -2.46. The highest BCUT2D eigenvalue weighted by atomic mass is 35.5. The zero-order valence-electron chi connectivity index (χ0n) is 10.6. The number of piperazine rings is 1. The van der Waals surface area contributed by atoms with Gasteiger partial charge in [-0.25, -0.2) is 8.78 Å². The minimum atomic E-state index is -2.62. The molecule has 0 radical (unpaired) electrons. The summed E-state index contributed by atoms with van der Waals surface area (Å²) in [6.45, 7) is 2.26. The van der Waals surface area contributed by atoms with Gasteiger partial charge >= 0.3 is 0 Å². The van der Waals surface area contributed by atoms with Crippen LogP contribution in [0.25, 0.3) is 0 Å². The fraction of sp³-hybridized carbons (Fsp3) is 0.500. The molecule has 4 nitrogen and oxygen atoms in total. The summed E-state index contributed by atoms with van der Waals surface area (Å²) >= 11 is 0. The molecule has 0 aromatic heterocycles. The molecule has 1 fully saturated rings. The minimum absolute atomic E-state index is 0. The number of rotatable bonds is 3. The molecule has 2 rings (SSSR count). The van der Waals surface area contributed by atoms with Gasteiger partial charge in [-0.3, -0.25) is 4.90 Å². The Morgan fingerprint density at radius 1 is 1.10 bits per heavy atom. The van der Waals surface area contributed by atoms with Crippen LogP contribution in [0.15, 0.2) is 18.2 Å². The third kappa shape index (κ3) is 4.34. The standard InChI is InChI=1S/C12H16F2N2O2.2ClH/c13-12(14)11(16-5-3-15-4-6-16)9-7-8(17)1-2-10(9)18;;/h1-2,7,11-12,15,17-18H,3-6H2;2*1H/t11-;;/m1../s1. The highest BCUT2D eigenvalue weighted by Crippen LogP contribution is 2.35. The summed E-state index contributed by atoms with van der Waals surface area (Å²) in [6.07, 6.45) is -2.62. The second kappa shape index (κ2) is 8.46. The van der Waals surface area contributed by atoms with E-state index in [1.165, 1.54) is 18.2 Å². The van der Waals surface area contributed by atoms with E-state index in [0.717, 1.165) is 0 Å². The van der Waals surface area contributed by atoms with Gasteiger partial charge in [0.25, 0.3) is 6.43 Å². The smallest absolute Gasteiger partial charge is 0.258 e. The van der Waals surface area contributed by atoms with Crippen LogP contribution in [0.4, 0.5) is 8.78 Å². The molecule has 0 spiro atoms. The Hall–Kier alpha value is -0.820. The predicted octanol–water partition coefficient (Wildman–Crippen LogP) is 2.15. The van der Waals surface area contributed by atoms with Crippen molar-refractivity contribution in [3.8, 4) is 11.5 Å². The maximum Gasteiger partial charge on any atom is 0.258 e. The van der Waals surface area contributed by atoms with Gasteiger partial charge in [0.2, 0.25) is 0 Å². The summed E-state index contributed by atoms with van der Waals surface area (Å²) in [6, 6.07) is 2.54. The second-order valence-corrected chi connectivity index (χ2v) is 4.31. The van der Waals surface area contributed by atoms with E-state index in [-0.39, 0.29) is 41.9 Å². The number of hydrogen-bond acceptors (Lipinski definition) is 4. The molecular weight excluding hydrogens is 313 g/mol. The van der Waals surface area contributed by atoms with Crippen molar-refractivity contribution in [1.29, 1.82) is 0 Å². The first-order valence-corrected chi connectivity index (χ1v) is 5.84. The predicted molar refractivity (Wildman–Crippen MR) is 77.5 cm³/mol. The summed E-state index contributed by atoms with van der Waals surface area (Å²) in [5, 5.41) is 22.2. The largest absolute Gasteiger partial charge is 0.508 e. The van der Waals surface area contributed by atoms with Crippen LogP contribution in [-0.2, 0) is 0 Å². The van der Waals surface area contributed by atoms with Gasteiger partial charge in [-0.05, 0) is 18.2 Å². The van der Waals surface area contributed by atoms with E-state index >= 15 is 0 Å². The lowest BCUT2D eigenvalue weighted by Gasteiger charge is -2.34. The second-order valence-electron chi connectivity index (χ2n) is 4.31. The van der Waals surface area contributed by atoms with E-state index in [9.17, 15) is 19.0 Å². The van der Waals surface area contributed by atoms with E-state index < -0.39 is 12.5 Å². The molecule has 0 saturated carbocycles. The van der Waals surface area contributed by atoms with Crippen LogP contribution < -0.4 is 5.32 Å². The van der Waals surface area contributed by atoms with E-state index in [1.807, 2.05) is 0 Å². The molecule has 20 heavy (non-hydrogen) atoms. The van der Waals surface area contributed by atoms with Gasteiger partial charge in [-0.1, -0.05) is 0 Å². The van der Waals surface area contributed by atoms with E-state index in [1.54, 1.807) is 4.90 Å².